The van der Waals surface area contributed by atoms with Crippen LogP contribution in [0.3, 0.4) is 0 Å². The van der Waals surface area contributed by atoms with Crippen LogP contribution in [0.5, 0.6) is 0 Å². The van der Waals surface area contributed by atoms with Crippen LogP contribution in [0.2, 0.25) is 0 Å². The van der Waals surface area contributed by atoms with E-state index in [1.54, 1.807) is 9.42 Å². The topological polar surface area (TPSA) is 83.6 Å². The third-order valence-corrected chi connectivity index (χ3v) is 3.66. The SMILES string of the molecule is Cc1cc(C)n2nc(C(=O)N3CCC[C@@H]3CO)nc2n1. The van der Waals surface area contributed by atoms with Crippen LogP contribution in [0.15, 0.2) is 6.07 Å². The number of carbonyl (C=O) groups is 1. The fourth-order valence-corrected chi connectivity index (χ4v) is 2.68. The summed E-state index contributed by atoms with van der Waals surface area (Å²) in [5, 5.41) is 13.5. The quantitative estimate of drug-likeness (QED) is 0.854. The standard InChI is InChI=1S/C13H17N5O2/c1-8-6-9(2)18-13(14-8)15-11(16-18)12(20)17-5-3-4-10(17)7-19/h6,10,19H,3-5,7H2,1-2H3/t10-/m1/s1. The molecule has 0 unspecified atom stereocenters. The maximum absolute atomic E-state index is 12.4. The number of hydrogen-bond acceptors (Lipinski definition) is 5. The van der Waals surface area contributed by atoms with E-state index in [9.17, 15) is 9.90 Å². The number of aryl methyl sites for hydroxylation is 2. The van der Waals surface area contributed by atoms with Crippen molar-refractivity contribution in [3.63, 3.8) is 0 Å². The van der Waals surface area contributed by atoms with E-state index in [2.05, 4.69) is 15.1 Å². The molecule has 7 nitrogen and oxygen atoms in total. The van der Waals surface area contributed by atoms with Gasteiger partial charge in [0.05, 0.1) is 12.6 Å². The molecule has 1 amide bonds. The number of fused-ring (bicyclic) bond motifs is 1. The Morgan fingerprint density at radius 2 is 2.25 bits per heavy atom. The highest BCUT2D eigenvalue weighted by atomic mass is 16.3. The van der Waals surface area contributed by atoms with Crippen LogP contribution in [-0.4, -0.2) is 54.7 Å². The number of carbonyl (C=O) groups excluding carboxylic acids is 1. The van der Waals surface area contributed by atoms with E-state index >= 15 is 0 Å². The molecule has 1 N–H and O–H groups in total. The molecular formula is C13H17N5O2. The highest BCUT2D eigenvalue weighted by Crippen LogP contribution is 2.19. The summed E-state index contributed by atoms with van der Waals surface area (Å²) in [5.74, 6) is 0.348. The molecule has 1 saturated heterocycles. The first-order valence-corrected chi connectivity index (χ1v) is 6.73. The number of likely N-dealkylation sites (tertiary alicyclic amines) is 1. The summed E-state index contributed by atoms with van der Waals surface area (Å²) in [6.45, 7) is 4.41. The summed E-state index contributed by atoms with van der Waals surface area (Å²) >= 11 is 0. The number of aliphatic hydroxyl groups is 1. The lowest BCUT2D eigenvalue weighted by Gasteiger charge is -2.21. The minimum atomic E-state index is -0.232. The fourth-order valence-electron chi connectivity index (χ4n) is 2.68. The third-order valence-electron chi connectivity index (χ3n) is 3.66. The highest BCUT2D eigenvalue weighted by Gasteiger charge is 2.31. The van der Waals surface area contributed by atoms with Crippen molar-refractivity contribution in [2.24, 2.45) is 0 Å². The van der Waals surface area contributed by atoms with Crippen molar-refractivity contribution >= 4 is 11.7 Å². The van der Waals surface area contributed by atoms with Gasteiger partial charge in [0.2, 0.25) is 5.82 Å². The summed E-state index contributed by atoms with van der Waals surface area (Å²) in [6.07, 6.45) is 1.73. The molecule has 7 heteroatoms. The van der Waals surface area contributed by atoms with E-state index < -0.39 is 0 Å². The van der Waals surface area contributed by atoms with Crippen molar-refractivity contribution in [2.45, 2.75) is 32.7 Å². The lowest BCUT2D eigenvalue weighted by molar-refractivity contribution is 0.0665. The van der Waals surface area contributed by atoms with Gasteiger partial charge < -0.3 is 10.0 Å². The molecule has 0 aliphatic carbocycles. The summed E-state index contributed by atoms with van der Waals surface area (Å²) in [6, 6.07) is 1.77. The minimum Gasteiger partial charge on any atom is -0.394 e. The van der Waals surface area contributed by atoms with Gasteiger partial charge in [-0.25, -0.2) is 9.50 Å². The minimum absolute atomic E-state index is 0.0184. The van der Waals surface area contributed by atoms with Gasteiger partial charge >= 0.3 is 0 Å². The Hall–Kier alpha value is -2.02. The molecule has 1 aliphatic rings. The molecule has 0 saturated carbocycles. The monoisotopic (exact) mass is 275 g/mol. The number of aromatic nitrogens is 4. The van der Waals surface area contributed by atoms with Crippen LogP contribution >= 0.6 is 0 Å². The number of hydrogen-bond donors (Lipinski definition) is 1. The molecule has 2 aromatic rings. The van der Waals surface area contributed by atoms with Gasteiger partial charge in [0.15, 0.2) is 0 Å². The molecule has 3 rings (SSSR count). The Kier molecular flexibility index (Phi) is 3.13. The van der Waals surface area contributed by atoms with Crippen molar-refractivity contribution < 1.29 is 9.90 Å². The van der Waals surface area contributed by atoms with Gasteiger partial charge in [-0.3, -0.25) is 4.79 Å². The van der Waals surface area contributed by atoms with Gasteiger partial charge in [-0.05, 0) is 32.8 Å². The second-order valence-corrected chi connectivity index (χ2v) is 5.16. The summed E-state index contributed by atoms with van der Waals surface area (Å²) in [5.41, 5.74) is 1.73. The maximum Gasteiger partial charge on any atom is 0.293 e. The first-order chi connectivity index (χ1) is 9.60. The molecule has 1 aliphatic heterocycles. The molecule has 1 atom stereocenters. The molecule has 0 aromatic carbocycles. The average Bonchev–Trinajstić information content (AvgIpc) is 3.03. The van der Waals surface area contributed by atoms with Gasteiger partial charge in [0, 0.05) is 17.9 Å². The lowest BCUT2D eigenvalue weighted by Crippen LogP contribution is -2.38. The van der Waals surface area contributed by atoms with E-state index in [0.29, 0.717) is 12.3 Å². The van der Waals surface area contributed by atoms with Crippen LogP contribution in [0, 0.1) is 13.8 Å². The smallest absolute Gasteiger partial charge is 0.293 e. The Morgan fingerprint density at radius 3 is 3.00 bits per heavy atom. The van der Waals surface area contributed by atoms with E-state index in [0.717, 1.165) is 24.2 Å². The van der Waals surface area contributed by atoms with Crippen molar-refractivity contribution in [2.75, 3.05) is 13.2 Å². The largest absolute Gasteiger partial charge is 0.394 e. The van der Waals surface area contributed by atoms with Crippen molar-refractivity contribution in [3.8, 4) is 0 Å². The molecule has 0 bridgehead atoms. The molecule has 20 heavy (non-hydrogen) atoms. The van der Waals surface area contributed by atoms with Gasteiger partial charge in [-0.2, -0.15) is 4.98 Å². The summed E-state index contributed by atoms with van der Waals surface area (Å²) in [4.78, 5) is 22.6. The van der Waals surface area contributed by atoms with Gasteiger partial charge in [0.25, 0.3) is 11.7 Å². The molecular weight excluding hydrogens is 258 g/mol. The molecule has 0 spiro atoms. The molecule has 106 valence electrons. The predicted octanol–water partition coefficient (Wildman–Crippen LogP) is 0.338. The zero-order valence-electron chi connectivity index (χ0n) is 11.6. The van der Waals surface area contributed by atoms with Crippen LogP contribution in [0.4, 0.5) is 0 Å². The molecule has 2 aromatic heterocycles. The number of amides is 1. The normalized spacial score (nSPS) is 18.9. The van der Waals surface area contributed by atoms with E-state index in [1.807, 2.05) is 19.9 Å². The Bertz CT molecular complexity index is 666. The van der Waals surface area contributed by atoms with Gasteiger partial charge in [0.1, 0.15) is 0 Å². The van der Waals surface area contributed by atoms with E-state index in [4.69, 9.17) is 0 Å². The van der Waals surface area contributed by atoms with Crippen LogP contribution in [0.1, 0.15) is 34.8 Å². The van der Waals surface area contributed by atoms with E-state index in [-0.39, 0.29) is 24.4 Å². The second kappa shape index (κ2) is 4.82. The number of nitrogens with zero attached hydrogens (tertiary/aromatic N) is 5. The second-order valence-electron chi connectivity index (χ2n) is 5.16. The summed E-state index contributed by atoms with van der Waals surface area (Å²) < 4.78 is 1.57. The zero-order chi connectivity index (χ0) is 14.3. The third kappa shape index (κ3) is 2.03. The van der Waals surface area contributed by atoms with Gasteiger partial charge in [-0.15, -0.1) is 5.10 Å². The fraction of sp³-hybridized carbons (Fsp3) is 0.538. The molecule has 3 heterocycles. The Balaban J connectivity index is 1.98. The van der Waals surface area contributed by atoms with Gasteiger partial charge in [-0.1, -0.05) is 0 Å². The molecule has 0 radical (unpaired) electrons. The number of aliphatic hydroxyl groups excluding tert-OH is 1. The highest BCUT2D eigenvalue weighted by molar-refractivity contribution is 5.91. The predicted molar refractivity (Wildman–Crippen MR) is 71.4 cm³/mol. The zero-order valence-corrected chi connectivity index (χ0v) is 11.6. The van der Waals surface area contributed by atoms with Crippen LogP contribution in [-0.2, 0) is 0 Å². The maximum atomic E-state index is 12.4. The first-order valence-electron chi connectivity index (χ1n) is 6.73. The van der Waals surface area contributed by atoms with Crippen molar-refractivity contribution in [3.05, 3.63) is 23.3 Å². The van der Waals surface area contributed by atoms with Crippen molar-refractivity contribution in [1.82, 2.24) is 24.5 Å². The Morgan fingerprint density at radius 1 is 1.45 bits per heavy atom. The van der Waals surface area contributed by atoms with Crippen LogP contribution in [0.25, 0.3) is 5.78 Å². The first kappa shape index (κ1) is 13.0. The Labute approximate surface area is 116 Å². The lowest BCUT2D eigenvalue weighted by atomic mass is 10.2. The summed E-state index contributed by atoms with van der Waals surface area (Å²) in [7, 11) is 0. The van der Waals surface area contributed by atoms with E-state index in [1.165, 1.54) is 0 Å². The number of rotatable bonds is 2. The van der Waals surface area contributed by atoms with Crippen molar-refractivity contribution in [1.29, 1.82) is 0 Å². The molecule has 1 fully saturated rings. The van der Waals surface area contributed by atoms with Crippen LogP contribution < -0.4 is 0 Å². The average molecular weight is 275 g/mol.